The molecule has 3 N–H and O–H groups in total. The molecular weight excluding hydrogens is 460 g/mol. The summed E-state index contributed by atoms with van der Waals surface area (Å²) in [5.41, 5.74) is -0.927. The first-order valence-corrected chi connectivity index (χ1v) is 9.93. The number of alkyl halides is 3. The van der Waals surface area contributed by atoms with E-state index in [0.717, 1.165) is 6.07 Å². The second-order valence-electron chi connectivity index (χ2n) is 7.71. The Labute approximate surface area is 189 Å². The van der Waals surface area contributed by atoms with Crippen LogP contribution in [0.15, 0.2) is 24.7 Å². The smallest absolute Gasteiger partial charge is 0.417 e. The number of aryl methyl sites for hydroxylation is 1. The van der Waals surface area contributed by atoms with Crippen molar-refractivity contribution in [3.8, 4) is 22.8 Å². The molecule has 0 radical (unpaired) electrons. The maximum Gasteiger partial charge on any atom is 0.417 e. The van der Waals surface area contributed by atoms with Crippen molar-refractivity contribution >= 4 is 22.8 Å². The fourth-order valence-corrected chi connectivity index (χ4v) is 3.17. The Hall–Kier alpha value is -4.10. The standard InChI is InChI=1S/C20H18F4N8O2/c1-8(19(33)34)9(2)27-17-13(21)14(10-5-26-32(3)7-10)28-18(29-17)15-12-4-11(20(22,23)24)6-25-16(12)31-30-15/h4-9H,1-3H3,(H,33,34)(H,25,30,31)(H,27,28,29). The van der Waals surface area contributed by atoms with Gasteiger partial charge >= 0.3 is 12.1 Å². The molecule has 4 aromatic rings. The topological polar surface area (TPSA) is 134 Å². The van der Waals surface area contributed by atoms with Crippen LogP contribution in [-0.2, 0) is 18.0 Å². The molecule has 34 heavy (non-hydrogen) atoms. The van der Waals surface area contributed by atoms with E-state index in [2.05, 4.69) is 35.6 Å². The molecule has 14 heteroatoms. The lowest BCUT2D eigenvalue weighted by molar-refractivity contribution is -0.141. The summed E-state index contributed by atoms with van der Waals surface area (Å²) in [6.07, 6.45) is -1.13. The number of carboxylic acid groups (broad SMARTS) is 1. The van der Waals surface area contributed by atoms with Gasteiger partial charge in [-0.05, 0) is 19.9 Å². The van der Waals surface area contributed by atoms with Crippen LogP contribution >= 0.6 is 0 Å². The van der Waals surface area contributed by atoms with Crippen LogP contribution in [0, 0.1) is 11.7 Å². The van der Waals surface area contributed by atoms with Gasteiger partial charge in [0.15, 0.2) is 23.1 Å². The number of hydrogen-bond donors (Lipinski definition) is 3. The number of aromatic amines is 1. The second kappa shape index (κ2) is 8.35. The molecule has 2 unspecified atom stereocenters. The average Bonchev–Trinajstić information content (AvgIpc) is 3.39. The third kappa shape index (κ3) is 4.25. The summed E-state index contributed by atoms with van der Waals surface area (Å²) in [6, 6.07) is 0.105. The first-order valence-electron chi connectivity index (χ1n) is 9.93. The third-order valence-electron chi connectivity index (χ3n) is 5.29. The van der Waals surface area contributed by atoms with Crippen LogP contribution in [0.25, 0.3) is 33.8 Å². The van der Waals surface area contributed by atoms with Crippen LogP contribution in [-0.4, -0.2) is 52.0 Å². The Balaban J connectivity index is 1.90. The molecule has 10 nitrogen and oxygen atoms in total. The number of anilines is 1. The van der Waals surface area contributed by atoms with Gasteiger partial charge in [-0.15, -0.1) is 0 Å². The molecule has 0 aliphatic rings. The van der Waals surface area contributed by atoms with Crippen molar-refractivity contribution in [3.05, 3.63) is 36.0 Å². The van der Waals surface area contributed by atoms with E-state index in [0.29, 0.717) is 6.20 Å². The number of aliphatic carboxylic acids is 1. The third-order valence-corrected chi connectivity index (χ3v) is 5.29. The molecule has 2 atom stereocenters. The van der Waals surface area contributed by atoms with E-state index < -0.39 is 35.5 Å². The van der Waals surface area contributed by atoms with Crippen molar-refractivity contribution in [2.24, 2.45) is 13.0 Å². The van der Waals surface area contributed by atoms with E-state index in [-0.39, 0.29) is 39.6 Å². The number of pyridine rings is 1. The van der Waals surface area contributed by atoms with Gasteiger partial charge in [0.25, 0.3) is 0 Å². The van der Waals surface area contributed by atoms with Gasteiger partial charge < -0.3 is 10.4 Å². The molecule has 0 aliphatic heterocycles. The largest absolute Gasteiger partial charge is 0.481 e. The van der Waals surface area contributed by atoms with Crippen molar-refractivity contribution in [1.29, 1.82) is 0 Å². The number of halogens is 4. The van der Waals surface area contributed by atoms with Crippen molar-refractivity contribution in [1.82, 2.24) is 34.9 Å². The van der Waals surface area contributed by atoms with Crippen LogP contribution in [0.2, 0.25) is 0 Å². The van der Waals surface area contributed by atoms with Gasteiger partial charge in [0, 0.05) is 31.0 Å². The number of aromatic nitrogens is 7. The summed E-state index contributed by atoms with van der Waals surface area (Å²) in [5.74, 6) is -3.37. The van der Waals surface area contributed by atoms with Crippen LogP contribution in [0.1, 0.15) is 19.4 Å². The highest BCUT2D eigenvalue weighted by atomic mass is 19.4. The number of nitrogens with zero attached hydrogens (tertiary/aromatic N) is 6. The molecule has 4 aromatic heterocycles. The van der Waals surface area contributed by atoms with Crippen LogP contribution in [0.5, 0.6) is 0 Å². The Kier molecular flexibility index (Phi) is 5.67. The van der Waals surface area contributed by atoms with E-state index in [1.54, 1.807) is 7.05 Å². The molecule has 0 saturated carbocycles. The summed E-state index contributed by atoms with van der Waals surface area (Å²) < 4.78 is 56.5. The fraction of sp³-hybridized carbons (Fsp3) is 0.300. The molecular formula is C20H18F4N8O2. The SMILES string of the molecule is CC(Nc1nc(-c2[nH]nc3ncc(C(F)(F)F)cc23)nc(-c2cnn(C)c2)c1F)C(C)C(=O)O. The number of carboxylic acids is 1. The Morgan fingerprint density at radius 3 is 2.59 bits per heavy atom. The summed E-state index contributed by atoms with van der Waals surface area (Å²) in [7, 11) is 1.62. The monoisotopic (exact) mass is 478 g/mol. The molecule has 0 aromatic carbocycles. The number of fused-ring (bicyclic) bond motifs is 1. The van der Waals surface area contributed by atoms with Gasteiger partial charge in [-0.2, -0.15) is 23.4 Å². The minimum absolute atomic E-state index is 0.0128. The lowest BCUT2D eigenvalue weighted by Crippen LogP contribution is -2.30. The maximum absolute atomic E-state index is 15.4. The molecule has 0 bridgehead atoms. The number of rotatable bonds is 6. The quantitative estimate of drug-likeness (QED) is 0.359. The van der Waals surface area contributed by atoms with E-state index in [9.17, 15) is 23.1 Å². The van der Waals surface area contributed by atoms with E-state index in [4.69, 9.17) is 0 Å². The predicted octanol–water partition coefficient (Wildman–Crippen LogP) is 3.49. The molecule has 0 fully saturated rings. The molecule has 0 saturated heterocycles. The molecule has 0 amide bonds. The van der Waals surface area contributed by atoms with Crippen LogP contribution < -0.4 is 5.32 Å². The van der Waals surface area contributed by atoms with Gasteiger partial charge in [-0.3, -0.25) is 14.6 Å². The minimum Gasteiger partial charge on any atom is -0.481 e. The molecule has 0 aliphatic carbocycles. The Morgan fingerprint density at radius 1 is 1.24 bits per heavy atom. The van der Waals surface area contributed by atoms with Crippen molar-refractivity contribution in [3.63, 3.8) is 0 Å². The highest BCUT2D eigenvalue weighted by Crippen LogP contribution is 2.34. The lowest BCUT2D eigenvalue weighted by Gasteiger charge is -2.19. The highest BCUT2D eigenvalue weighted by Gasteiger charge is 2.32. The van der Waals surface area contributed by atoms with Crippen molar-refractivity contribution in [2.75, 3.05) is 5.32 Å². The Morgan fingerprint density at radius 2 is 1.97 bits per heavy atom. The summed E-state index contributed by atoms with van der Waals surface area (Å²) in [5, 5.41) is 22.4. The van der Waals surface area contributed by atoms with E-state index in [1.165, 1.54) is 30.9 Å². The zero-order chi connectivity index (χ0) is 24.8. The molecule has 4 heterocycles. The highest BCUT2D eigenvalue weighted by molar-refractivity contribution is 5.89. The maximum atomic E-state index is 15.4. The normalized spacial score (nSPS) is 13.7. The van der Waals surface area contributed by atoms with Crippen LogP contribution in [0.4, 0.5) is 23.4 Å². The molecule has 0 spiro atoms. The minimum atomic E-state index is -4.64. The summed E-state index contributed by atoms with van der Waals surface area (Å²) >= 11 is 0. The fourth-order valence-electron chi connectivity index (χ4n) is 3.17. The number of H-pyrrole nitrogens is 1. The van der Waals surface area contributed by atoms with Crippen molar-refractivity contribution in [2.45, 2.75) is 26.1 Å². The van der Waals surface area contributed by atoms with Gasteiger partial charge in [0.1, 0.15) is 11.4 Å². The molecule has 4 rings (SSSR count). The number of nitrogens with one attached hydrogen (secondary N) is 2. The first kappa shape index (κ1) is 23.1. The van der Waals surface area contributed by atoms with Gasteiger partial charge in [0.2, 0.25) is 0 Å². The second-order valence-corrected chi connectivity index (χ2v) is 7.71. The Bertz CT molecular complexity index is 1380. The van der Waals surface area contributed by atoms with Gasteiger partial charge in [-0.1, -0.05) is 0 Å². The first-order chi connectivity index (χ1) is 16.0. The number of hydrogen-bond acceptors (Lipinski definition) is 7. The number of carbonyl (C=O) groups is 1. The van der Waals surface area contributed by atoms with Crippen LogP contribution in [0.3, 0.4) is 0 Å². The summed E-state index contributed by atoms with van der Waals surface area (Å²) in [6.45, 7) is 2.98. The summed E-state index contributed by atoms with van der Waals surface area (Å²) in [4.78, 5) is 23.4. The van der Waals surface area contributed by atoms with E-state index in [1.807, 2.05) is 0 Å². The van der Waals surface area contributed by atoms with Crippen molar-refractivity contribution < 1.29 is 27.5 Å². The van der Waals surface area contributed by atoms with E-state index >= 15 is 4.39 Å². The lowest BCUT2D eigenvalue weighted by atomic mass is 10.0. The zero-order valence-electron chi connectivity index (χ0n) is 18.0. The molecule has 178 valence electrons. The average molecular weight is 478 g/mol. The zero-order valence-corrected chi connectivity index (χ0v) is 18.0. The van der Waals surface area contributed by atoms with Gasteiger partial charge in [-0.25, -0.2) is 19.3 Å². The predicted molar refractivity (Wildman–Crippen MR) is 112 cm³/mol. The van der Waals surface area contributed by atoms with Gasteiger partial charge in [0.05, 0.1) is 23.1 Å².